The fraction of sp³-hybridized carbons (Fsp3) is 0.571. The fourth-order valence-corrected chi connectivity index (χ4v) is 2.31. The van der Waals surface area contributed by atoms with E-state index in [1.807, 2.05) is 19.1 Å². The van der Waals surface area contributed by atoms with E-state index in [9.17, 15) is 5.11 Å². The van der Waals surface area contributed by atoms with Crippen molar-refractivity contribution in [3.05, 3.63) is 33.8 Å². The van der Waals surface area contributed by atoms with Crippen molar-refractivity contribution in [2.24, 2.45) is 5.92 Å². The van der Waals surface area contributed by atoms with Gasteiger partial charge in [-0.05, 0) is 56.3 Å². The van der Waals surface area contributed by atoms with E-state index in [0.29, 0.717) is 10.0 Å². The summed E-state index contributed by atoms with van der Waals surface area (Å²) in [4.78, 5) is 0. The van der Waals surface area contributed by atoms with E-state index < -0.39 is 0 Å². The third kappa shape index (κ3) is 3.86. The average molecular weight is 288 g/mol. The van der Waals surface area contributed by atoms with E-state index >= 15 is 0 Å². The molecule has 0 saturated heterocycles. The number of aliphatic hydroxyl groups is 1. The molecule has 1 unspecified atom stereocenters. The van der Waals surface area contributed by atoms with Gasteiger partial charge in [-0.15, -0.1) is 0 Å². The number of aliphatic hydroxyl groups excluding tert-OH is 1. The highest BCUT2D eigenvalue weighted by molar-refractivity contribution is 6.42. The summed E-state index contributed by atoms with van der Waals surface area (Å²) in [7, 11) is 0. The molecule has 1 aromatic carbocycles. The van der Waals surface area contributed by atoms with Gasteiger partial charge < -0.3 is 10.4 Å². The second-order valence-electron chi connectivity index (χ2n) is 5.47. The van der Waals surface area contributed by atoms with E-state index in [1.54, 1.807) is 6.07 Å². The van der Waals surface area contributed by atoms with Gasteiger partial charge in [0, 0.05) is 5.54 Å². The highest BCUT2D eigenvalue weighted by atomic mass is 35.5. The number of rotatable bonds is 6. The molecule has 0 radical (unpaired) electrons. The van der Waals surface area contributed by atoms with Crippen molar-refractivity contribution in [2.75, 3.05) is 13.2 Å². The van der Waals surface area contributed by atoms with Crippen LogP contribution in [0.5, 0.6) is 0 Å². The number of benzene rings is 1. The Labute approximate surface area is 118 Å². The van der Waals surface area contributed by atoms with Crippen LogP contribution in [0.4, 0.5) is 0 Å². The molecule has 4 heteroatoms. The Hall–Kier alpha value is -0.280. The summed E-state index contributed by atoms with van der Waals surface area (Å²) in [5, 5.41) is 14.2. The van der Waals surface area contributed by atoms with Crippen LogP contribution in [0.3, 0.4) is 0 Å². The van der Waals surface area contributed by atoms with Crippen molar-refractivity contribution in [1.29, 1.82) is 0 Å². The fourth-order valence-electron chi connectivity index (χ4n) is 1.99. The molecule has 0 spiro atoms. The lowest BCUT2D eigenvalue weighted by molar-refractivity contribution is 0.172. The van der Waals surface area contributed by atoms with Gasteiger partial charge >= 0.3 is 0 Å². The summed E-state index contributed by atoms with van der Waals surface area (Å²) in [5.74, 6) is 0.796. The predicted octanol–water partition coefficient (Wildman–Crippen LogP) is 3.29. The van der Waals surface area contributed by atoms with Gasteiger partial charge in [0.1, 0.15) is 0 Å². The zero-order valence-electron chi connectivity index (χ0n) is 10.5. The van der Waals surface area contributed by atoms with Gasteiger partial charge in [-0.3, -0.25) is 0 Å². The first kappa shape index (κ1) is 14.1. The molecule has 1 atom stereocenters. The van der Waals surface area contributed by atoms with Gasteiger partial charge in [0.05, 0.1) is 16.7 Å². The van der Waals surface area contributed by atoms with Gasteiger partial charge in [0.25, 0.3) is 0 Å². The zero-order valence-corrected chi connectivity index (χ0v) is 12.1. The van der Waals surface area contributed by atoms with Crippen molar-refractivity contribution >= 4 is 23.2 Å². The normalized spacial score (nSPS) is 18.7. The molecule has 18 heavy (non-hydrogen) atoms. The average Bonchev–Trinajstić information content (AvgIpc) is 3.16. The first-order valence-corrected chi connectivity index (χ1v) is 7.08. The molecule has 0 heterocycles. The van der Waals surface area contributed by atoms with Crippen LogP contribution in [0.25, 0.3) is 0 Å². The molecule has 1 saturated carbocycles. The van der Waals surface area contributed by atoms with Crippen LogP contribution >= 0.6 is 23.2 Å². The monoisotopic (exact) mass is 287 g/mol. The third-order valence-electron chi connectivity index (χ3n) is 3.44. The third-order valence-corrected chi connectivity index (χ3v) is 4.18. The van der Waals surface area contributed by atoms with Crippen LogP contribution in [-0.4, -0.2) is 23.8 Å². The Morgan fingerprint density at radius 1 is 1.33 bits per heavy atom. The molecule has 2 rings (SSSR count). The number of nitrogens with one attached hydrogen (secondary N) is 1. The quantitative estimate of drug-likeness (QED) is 0.842. The van der Waals surface area contributed by atoms with Crippen molar-refractivity contribution in [2.45, 2.75) is 31.7 Å². The van der Waals surface area contributed by atoms with Crippen LogP contribution in [0, 0.1) is 5.92 Å². The van der Waals surface area contributed by atoms with Gasteiger partial charge in [0.2, 0.25) is 0 Å². The number of halogens is 2. The molecule has 1 fully saturated rings. The molecule has 0 bridgehead atoms. The number of hydrogen-bond acceptors (Lipinski definition) is 2. The van der Waals surface area contributed by atoms with Crippen molar-refractivity contribution in [1.82, 2.24) is 5.32 Å². The number of hydrogen-bond donors (Lipinski definition) is 2. The molecule has 1 aromatic rings. The molecular weight excluding hydrogens is 269 g/mol. The van der Waals surface area contributed by atoms with Crippen LogP contribution < -0.4 is 5.32 Å². The molecule has 1 aliphatic carbocycles. The van der Waals surface area contributed by atoms with Crippen molar-refractivity contribution in [3.8, 4) is 0 Å². The van der Waals surface area contributed by atoms with Gasteiger partial charge in [-0.25, -0.2) is 0 Å². The van der Waals surface area contributed by atoms with Crippen molar-refractivity contribution < 1.29 is 5.11 Å². The Kier molecular flexibility index (Phi) is 4.54. The maximum absolute atomic E-state index is 9.58. The molecule has 1 aliphatic rings. The second kappa shape index (κ2) is 5.79. The highest BCUT2D eigenvalue weighted by Gasteiger charge is 2.28. The largest absolute Gasteiger partial charge is 0.394 e. The van der Waals surface area contributed by atoms with Gasteiger partial charge in [0.15, 0.2) is 0 Å². The highest BCUT2D eigenvalue weighted by Crippen LogP contribution is 2.29. The first-order valence-electron chi connectivity index (χ1n) is 6.32. The lowest BCUT2D eigenvalue weighted by Crippen LogP contribution is -2.48. The Bertz CT molecular complexity index is 420. The van der Waals surface area contributed by atoms with E-state index in [0.717, 1.165) is 24.4 Å². The maximum Gasteiger partial charge on any atom is 0.0613 e. The second-order valence-corrected chi connectivity index (χ2v) is 6.28. The topological polar surface area (TPSA) is 32.3 Å². The van der Waals surface area contributed by atoms with Crippen LogP contribution in [-0.2, 0) is 6.42 Å². The molecule has 2 N–H and O–H groups in total. The Morgan fingerprint density at radius 3 is 2.61 bits per heavy atom. The van der Waals surface area contributed by atoms with Crippen molar-refractivity contribution in [3.63, 3.8) is 0 Å². The summed E-state index contributed by atoms with van der Waals surface area (Å²) < 4.78 is 0. The van der Waals surface area contributed by atoms with Crippen LogP contribution in [0.15, 0.2) is 18.2 Å². The Balaban J connectivity index is 2.00. The summed E-state index contributed by atoms with van der Waals surface area (Å²) in [6.07, 6.45) is 3.36. The van der Waals surface area contributed by atoms with E-state index in [1.165, 1.54) is 12.8 Å². The zero-order chi connectivity index (χ0) is 13.2. The smallest absolute Gasteiger partial charge is 0.0613 e. The first-order chi connectivity index (χ1) is 8.52. The summed E-state index contributed by atoms with van der Waals surface area (Å²) in [6.45, 7) is 3.14. The Morgan fingerprint density at radius 2 is 2.06 bits per heavy atom. The van der Waals surface area contributed by atoms with Gasteiger partial charge in [-0.2, -0.15) is 0 Å². The SMILES string of the molecule is CC(CO)(Cc1ccc(Cl)c(Cl)c1)NCC1CC1. The summed E-state index contributed by atoms with van der Waals surface area (Å²) in [5.41, 5.74) is 0.795. The maximum atomic E-state index is 9.58. The van der Waals surface area contributed by atoms with E-state index in [-0.39, 0.29) is 12.1 Å². The van der Waals surface area contributed by atoms with Crippen LogP contribution in [0.2, 0.25) is 10.0 Å². The molecule has 2 nitrogen and oxygen atoms in total. The molecule has 0 aliphatic heterocycles. The minimum absolute atomic E-state index is 0.111. The molecular formula is C14H19Cl2NO. The lowest BCUT2D eigenvalue weighted by atomic mass is 9.93. The van der Waals surface area contributed by atoms with Crippen LogP contribution in [0.1, 0.15) is 25.3 Å². The standard InChI is InChI=1S/C14H19Cl2NO/c1-14(9-18,17-8-10-2-3-10)7-11-4-5-12(15)13(16)6-11/h4-6,10,17-18H,2-3,7-9H2,1H3. The summed E-state index contributed by atoms with van der Waals surface area (Å²) in [6, 6.07) is 5.63. The molecule has 0 amide bonds. The van der Waals surface area contributed by atoms with Gasteiger partial charge in [-0.1, -0.05) is 29.3 Å². The lowest BCUT2D eigenvalue weighted by Gasteiger charge is -2.29. The van der Waals surface area contributed by atoms with E-state index in [2.05, 4.69) is 5.32 Å². The predicted molar refractivity (Wildman–Crippen MR) is 76.4 cm³/mol. The summed E-state index contributed by atoms with van der Waals surface area (Å²) >= 11 is 11.9. The minimum Gasteiger partial charge on any atom is -0.394 e. The van der Waals surface area contributed by atoms with E-state index in [4.69, 9.17) is 23.2 Å². The minimum atomic E-state index is -0.292. The molecule has 100 valence electrons. The molecule has 0 aromatic heterocycles.